The van der Waals surface area contributed by atoms with E-state index in [4.69, 9.17) is 4.74 Å². The smallest absolute Gasteiger partial charge is 0.226 e. The van der Waals surface area contributed by atoms with Gasteiger partial charge in [-0.25, -0.2) is 0 Å². The predicted molar refractivity (Wildman–Crippen MR) is 114 cm³/mol. The summed E-state index contributed by atoms with van der Waals surface area (Å²) in [6.45, 7) is 3.92. The minimum atomic E-state index is -0.0175. The maximum absolute atomic E-state index is 12.5. The molecule has 0 aromatic heterocycles. The summed E-state index contributed by atoms with van der Waals surface area (Å²) in [4.78, 5) is 26.9. The van der Waals surface area contributed by atoms with Crippen LogP contribution < -0.4 is 10.1 Å². The molecule has 1 aliphatic rings. The Hall–Kier alpha value is -2.82. The molecule has 0 unspecified atom stereocenters. The number of likely N-dealkylation sites (tertiary alicyclic amines) is 1. The first-order chi connectivity index (χ1) is 14.1. The van der Waals surface area contributed by atoms with Gasteiger partial charge in [-0.2, -0.15) is 0 Å². The third kappa shape index (κ3) is 5.83. The molecule has 1 aliphatic heterocycles. The Balaban J connectivity index is 1.41. The van der Waals surface area contributed by atoms with Crippen molar-refractivity contribution >= 4 is 11.8 Å². The Morgan fingerprint density at radius 3 is 2.45 bits per heavy atom. The highest BCUT2D eigenvalue weighted by molar-refractivity contribution is 5.81. The summed E-state index contributed by atoms with van der Waals surface area (Å²) < 4.78 is 5.35. The highest BCUT2D eigenvalue weighted by atomic mass is 16.5. The van der Waals surface area contributed by atoms with E-state index >= 15 is 0 Å². The van der Waals surface area contributed by atoms with E-state index in [0.717, 1.165) is 36.1 Å². The van der Waals surface area contributed by atoms with E-state index in [-0.39, 0.29) is 17.7 Å². The lowest BCUT2D eigenvalue weighted by molar-refractivity contribution is -0.135. The summed E-state index contributed by atoms with van der Waals surface area (Å²) in [5.41, 5.74) is 3.32. The number of ether oxygens (including phenoxy) is 1. The van der Waals surface area contributed by atoms with E-state index < -0.39 is 0 Å². The van der Waals surface area contributed by atoms with Crippen molar-refractivity contribution in [3.63, 3.8) is 0 Å². The average molecular weight is 395 g/mol. The van der Waals surface area contributed by atoms with E-state index in [0.29, 0.717) is 26.1 Å². The Labute approximate surface area is 173 Å². The van der Waals surface area contributed by atoms with E-state index in [1.807, 2.05) is 60.4 Å². The second-order valence-electron chi connectivity index (χ2n) is 7.67. The van der Waals surface area contributed by atoms with Crippen LogP contribution in [0.5, 0.6) is 5.75 Å². The van der Waals surface area contributed by atoms with Crippen molar-refractivity contribution in [3.8, 4) is 5.75 Å². The molecule has 0 radical (unpaired) electrons. The van der Waals surface area contributed by atoms with Gasteiger partial charge in [0, 0.05) is 25.6 Å². The SMILES string of the molecule is COc1ccccc1CCNC(=O)C1CCN(C(=O)Cc2ccc(C)cc2)CC1. The fraction of sp³-hybridized carbons (Fsp3) is 0.417. The Morgan fingerprint density at radius 1 is 1.07 bits per heavy atom. The largest absolute Gasteiger partial charge is 0.496 e. The number of hydrogen-bond donors (Lipinski definition) is 1. The summed E-state index contributed by atoms with van der Waals surface area (Å²) >= 11 is 0. The third-order valence-corrected chi connectivity index (χ3v) is 5.58. The number of rotatable bonds is 7. The number of carbonyl (C=O) groups is 2. The molecule has 2 aromatic carbocycles. The number of aryl methyl sites for hydroxylation is 1. The van der Waals surface area contributed by atoms with Crippen LogP contribution in [0.25, 0.3) is 0 Å². The van der Waals surface area contributed by atoms with Gasteiger partial charge in [0.2, 0.25) is 11.8 Å². The van der Waals surface area contributed by atoms with Crippen LogP contribution in [0.15, 0.2) is 48.5 Å². The maximum Gasteiger partial charge on any atom is 0.226 e. The summed E-state index contributed by atoms with van der Waals surface area (Å²) in [6.07, 6.45) is 2.61. The molecule has 0 atom stereocenters. The van der Waals surface area contributed by atoms with Crippen LogP contribution in [-0.2, 0) is 22.4 Å². The zero-order valence-electron chi connectivity index (χ0n) is 17.3. The van der Waals surface area contributed by atoms with Crippen molar-refractivity contribution in [2.75, 3.05) is 26.7 Å². The third-order valence-electron chi connectivity index (χ3n) is 5.58. The lowest BCUT2D eigenvalue weighted by Crippen LogP contribution is -2.43. The number of benzene rings is 2. The van der Waals surface area contributed by atoms with Crippen molar-refractivity contribution in [3.05, 3.63) is 65.2 Å². The molecule has 1 saturated heterocycles. The van der Waals surface area contributed by atoms with Crippen LogP contribution >= 0.6 is 0 Å². The summed E-state index contributed by atoms with van der Waals surface area (Å²) in [5.74, 6) is 1.06. The second-order valence-corrected chi connectivity index (χ2v) is 7.67. The highest BCUT2D eigenvalue weighted by Gasteiger charge is 2.27. The first-order valence-corrected chi connectivity index (χ1v) is 10.3. The number of hydrogen-bond acceptors (Lipinski definition) is 3. The lowest BCUT2D eigenvalue weighted by atomic mass is 9.95. The Morgan fingerprint density at radius 2 is 1.76 bits per heavy atom. The van der Waals surface area contributed by atoms with Gasteiger partial charge in [0.15, 0.2) is 0 Å². The molecule has 29 heavy (non-hydrogen) atoms. The Kier molecular flexibility index (Phi) is 7.28. The number of piperidine rings is 1. The standard InChI is InChI=1S/C24H30N2O3/c1-18-7-9-19(10-8-18)17-23(27)26-15-12-21(13-16-26)24(28)25-14-11-20-5-3-4-6-22(20)29-2/h3-10,21H,11-17H2,1-2H3,(H,25,28). The number of para-hydroxylation sites is 1. The second kappa shape index (κ2) is 10.1. The molecular weight excluding hydrogens is 364 g/mol. The van der Waals surface area contributed by atoms with Gasteiger partial charge in [0.1, 0.15) is 5.75 Å². The Bertz CT molecular complexity index is 824. The van der Waals surface area contributed by atoms with E-state index in [1.165, 1.54) is 5.56 Å². The lowest BCUT2D eigenvalue weighted by Gasteiger charge is -2.31. The monoisotopic (exact) mass is 394 g/mol. The molecule has 0 aliphatic carbocycles. The molecule has 1 heterocycles. The summed E-state index contributed by atoms with van der Waals surface area (Å²) in [7, 11) is 1.66. The highest BCUT2D eigenvalue weighted by Crippen LogP contribution is 2.20. The zero-order valence-corrected chi connectivity index (χ0v) is 17.3. The molecule has 5 nitrogen and oxygen atoms in total. The molecule has 0 spiro atoms. The minimum Gasteiger partial charge on any atom is -0.496 e. The number of amides is 2. The first kappa shape index (κ1) is 20.9. The van der Waals surface area contributed by atoms with Crippen molar-refractivity contribution in [1.29, 1.82) is 0 Å². The molecule has 1 fully saturated rings. The number of nitrogens with one attached hydrogen (secondary N) is 1. The molecule has 5 heteroatoms. The van der Waals surface area contributed by atoms with Gasteiger partial charge in [-0.15, -0.1) is 0 Å². The number of nitrogens with zero attached hydrogens (tertiary/aromatic N) is 1. The summed E-state index contributed by atoms with van der Waals surface area (Å²) in [6, 6.07) is 15.9. The molecule has 2 aromatic rings. The van der Waals surface area contributed by atoms with Gasteiger partial charge < -0.3 is 15.0 Å². The van der Waals surface area contributed by atoms with Crippen molar-refractivity contribution < 1.29 is 14.3 Å². The van der Waals surface area contributed by atoms with Gasteiger partial charge in [0.05, 0.1) is 13.5 Å². The number of methoxy groups -OCH3 is 1. The van der Waals surface area contributed by atoms with Gasteiger partial charge in [-0.1, -0.05) is 48.0 Å². The normalized spacial score (nSPS) is 14.5. The van der Waals surface area contributed by atoms with Crippen LogP contribution in [0.4, 0.5) is 0 Å². The molecular formula is C24H30N2O3. The van der Waals surface area contributed by atoms with E-state index in [9.17, 15) is 9.59 Å². The van der Waals surface area contributed by atoms with E-state index in [1.54, 1.807) is 7.11 Å². The first-order valence-electron chi connectivity index (χ1n) is 10.3. The zero-order chi connectivity index (χ0) is 20.6. The fourth-order valence-electron chi connectivity index (χ4n) is 3.76. The van der Waals surface area contributed by atoms with Gasteiger partial charge in [-0.05, 0) is 43.4 Å². The van der Waals surface area contributed by atoms with Crippen LogP contribution in [0, 0.1) is 12.8 Å². The molecule has 3 rings (SSSR count). The average Bonchev–Trinajstić information content (AvgIpc) is 2.75. The minimum absolute atomic E-state index is 0.0175. The fourth-order valence-corrected chi connectivity index (χ4v) is 3.76. The van der Waals surface area contributed by atoms with Gasteiger partial charge in [0.25, 0.3) is 0 Å². The molecule has 1 N–H and O–H groups in total. The topological polar surface area (TPSA) is 58.6 Å². The van der Waals surface area contributed by atoms with Crippen molar-refractivity contribution in [2.24, 2.45) is 5.92 Å². The molecule has 2 amide bonds. The molecule has 0 saturated carbocycles. The maximum atomic E-state index is 12.5. The van der Waals surface area contributed by atoms with Crippen LogP contribution in [0.1, 0.15) is 29.5 Å². The van der Waals surface area contributed by atoms with Crippen LogP contribution in [0.3, 0.4) is 0 Å². The van der Waals surface area contributed by atoms with Crippen molar-refractivity contribution in [2.45, 2.75) is 32.6 Å². The quantitative estimate of drug-likeness (QED) is 0.785. The van der Waals surface area contributed by atoms with Crippen LogP contribution in [0.2, 0.25) is 0 Å². The number of carbonyl (C=O) groups excluding carboxylic acids is 2. The summed E-state index contributed by atoms with van der Waals surface area (Å²) in [5, 5.41) is 3.04. The van der Waals surface area contributed by atoms with Crippen molar-refractivity contribution in [1.82, 2.24) is 10.2 Å². The predicted octanol–water partition coefficient (Wildman–Crippen LogP) is 3.14. The molecule has 0 bridgehead atoms. The molecule has 154 valence electrons. The van der Waals surface area contributed by atoms with Crippen LogP contribution in [-0.4, -0.2) is 43.5 Å². The van der Waals surface area contributed by atoms with Gasteiger partial charge >= 0.3 is 0 Å². The van der Waals surface area contributed by atoms with E-state index in [2.05, 4.69) is 5.32 Å². The van der Waals surface area contributed by atoms with Gasteiger partial charge in [-0.3, -0.25) is 9.59 Å².